The maximum atomic E-state index is 12.3. The zero-order valence-electron chi connectivity index (χ0n) is 15.0. The molecule has 3 heterocycles. The number of ether oxygens (including phenoxy) is 1. The van der Waals surface area contributed by atoms with E-state index in [0.717, 1.165) is 11.5 Å². The molecule has 0 aromatic carbocycles. The first-order valence-electron chi connectivity index (χ1n) is 8.34. The van der Waals surface area contributed by atoms with Gasteiger partial charge in [-0.1, -0.05) is 0 Å². The van der Waals surface area contributed by atoms with Crippen molar-refractivity contribution in [2.75, 3.05) is 33.1 Å². The van der Waals surface area contributed by atoms with Crippen molar-refractivity contribution in [3.8, 4) is 11.5 Å². The predicted molar refractivity (Wildman–Crippen MR) is 94.7 cm³/mol. The van der Waals surface area contributed by atoms with Crippen molar-refractivity contribution in [1.82, 2.24) is 23.4 Å². The van der Waals surface area contributed by atoms with Crippen LogP contribution in [0.2, 0.25) is 0 Å². The van der Waals surface area contributed by atoms with Gasteiger partial charge in [-0.15, -0.1) is 0 Å². The minimum atomic E-state index is -3.29. The molecule has 25 heavy (non-hydrogen) atoms. The predicted octanol–water partition coefficient (Wildman–Crippen LogP) is 1.41. The Hall–Kier alpha value is -1.71. The highest BCUT2D eigenvalue weighted by Crippen LogP contribution is 2.32. The summed E-state index contributed by atoms with van der Waals surface area (Å²) in [6.07, 6.45) is 7.21. The van der Waals surface area contributed by atoms with Crippen LogP contribution in [0.1, 0.15) is 25.9 Å². The summed E-state index contributed by atoms with van der Waals surface area (Å²) in [5.41, 5.74) is 0.918. The quantitative estimate of drug-likeness (QED) is 0.771. The van der Waals surface area contributed by atoms with E-state index in [2.05, 4.69) is 28.4 Å². The highest BCUT2D eigenvalue weighted by molar-refractivity contribution is 7.89. The summed E-state index contributed by atoms with van der Waals surface area (Å²) in [5, 5.41) is 0. The summed E-state index contributed by atoms with van der Waals surface area (Å²) in [5.74, 6) is 0.732. The lowest BCUT2D eigenvalue weighted by Crippen LogP contribution is -2.32. The Morgan fingerprint density at radius 1 is 1.36 bits per heavy atom. The molecule has 2 atom stereocenters. The fourth-order valence-electron chi connectivity index (χ4n) is 3.14. The molecule has 0 N–H and O–H groups in total. The second-order valence-electron chi connectivity index (χ2n) is 6.86. The fourth-order valence-corrected chi connectivity index (χ4v) is 4.30. The van der Waals surface area contributed by atoms with E-state index in [1.807, 2.05) is 10.8 Å². The lowest BCUT2D eigenvalue weighted by molar-refractivity contribution is 0.182. The van der Waals surface area contributed by atoms with Crippen LogP contribution in [0.3, 0.4) is 0 Å². The van der Waals surface area contributed by atoms with Crippen LogP contribution < -0.4 is 0 Å². The van der Waals surface area contributed by atoms with Crippen molar-refractivity contribution < 1.29 is 13.2 Å². The number of sulfonamides is 1. The van der Waals surface area contributed by atoms with E-state index in [1.165, 1.54) is 4.31 Å². The van der Waals surface area contributed by atoms with Crippen molar-refractivity contribution in [3.05, 3.63) is 24.9 Å². The van der Waals surface area contributed by atoms with Crippen molar-refractivity contribution >= 4 is 10.0 Å². The first-order valence-corrected chi connectivity index (χ1v) is 9.95. The molecule has 0 aliphatic carbocycles. The Balaban J connectivity index is 1.92. The summed E-state index contributed by atoms with van der Waals surface area (Å²) in [4.78, 5) is 8.74. The number of hydrogen-bond acceptors (Lipinski definition) is 5. The standard InChI is InChI=1S/C16H25N5O3S/c1-12(2)21-11-17-7-14(21)16-18-5-6-20(16)15-9-24-8-13(15)10-25(22,23)19(3)4/h5-7,11-13,15H,8-10H2,1-4H3/t13-,15+/m0/s1. The number of aromatic nitrogens is 4. The van der Waals surface area contributed by atoms with Crippen molar-refractivity contribution in [2.24, 2.45) is 5.92 Å². The Morgan fingerprint density at radius 3 is 2.80 bits per heavy atom. The molecule has 9 heteroatoms. The van der Waals surface area contributed by atoms with E-state index in [0.29, 0.717) is 13.2 Å². The number of nitrogens with zero attached hydrogens (tertiary/aromatic N) is 5. The van der Waals surface area contributed by atoms with Gasteiger partial charge in [0.25, 0.3) is 0 Å². The van der Waals surface area contributed by atoms with Crippen molar-refractivity contribution in [1.29, 1.82) is 0 Å². The third-order valence-corrected chi connectivity index (χ3v) is 6.59. The summed E-state index contributed by atoms with van der Waals surface area (Å²) in [7, 11) is -0.173. The summed E-state index contributed by atoms with van der Waals surface area (Å²) < 4.78 is 35.5. The molecule has 0 bridgehead atoms. The zero-order chi connectivity index (χ0) is 18.2. The SMILES string of the molecule is CC(C)n1cncc1-c1nccn1[C@@H]1COC[C@H]1CS(=O)(=O)N(C)C. The third-order valence-electron chi connectivity index (χ3n) is 4.62. The molecule has 1 aliphatic heterocycles. The van der Waals surface area contributed by atoms with Crippen molar-refractivity contribution in [3.63, 3.8) is 0 Å². The zero-order valence-corrected chi connectivity index (χ0v) is 15.8. The molecule has 138 valence electrons. The molecule has 0 amide bonds. The molecule has 0 radical (unpaired) electrons. The first kappa shape index (κ1) is 18.1. The second-order valence-corrected chi connectivity index (χ2v) is 9.09. The molecular formula is C16H25N5O3S. The van der Waals surface area contributed by atoms with Gasteiger partial charge in [-0.25, -0.2) is 22.7 Å². The van der Waals surface area contributed by atoms with Gasteiger partial charge in [0.05, 0.1) is 37.5 Å². The highest BCUT2D eigenvalue weighted by atomic mass is 32.2. The van der Waals surface area contributed by atoms with E-state index >= 15 is 0 Å². The Bertz CT molecular complexity index is 824. The van der Waals surface area contributed by atoms with E-state index < -0.39 is 10.0 Å². The van der Waals surface area contributed by atoms with Crippen LogP contribution in [0, 0.1) is 5.92 Å². The minimum absolute atomic E-state index is 0.0612. The average molecular weight is 367 g/mol. The fraction of sp³-hybridized carbons (Fsp3) is 0.625. The lowest BCUT2D eigenvalue weighted by atomic mass is 10.1. The van der Waals surface area contributed by atoms with E-state index in [1.54, 1.807) is 32.8 Å². The van der Waals surface area contributed by atoms with Gasteiger partial charge in [0.15, 0.2) is 5.82 Å². The molecular weight excluding hydrogens is 342 g/mol. The Morgan fingerprint density at radius 2 is 2.12 bits per heavy atom. The Kier molecular flexibility index (Phi) is 4.99. The monoisotopic (exact) mass is 367 g/mol. The van der Waals surface area contributed by atoms with Crippen molar-refractivity contribution in [2.45, 2.75) is 25.9 Å². The largest absolute Gasteiger partial charge is 0.379 e. The van der Waals surface area contributed by atoms with E-state index in [9.17, 15) is 8.42 Å². The van der Waals surface area contributed by atoms with Gasteiger partial charge < -0.3 is 13.9 Å². The third kappa shape index (κ3) is 3.49. The highest BCUT2D eigenvalue weighted by Gasteiger charge is 2.35. The van der Waals surface area contributed by atoms with Gasteiger partial charge >= 0.3 is 0 Å². The normalized spacial score (nSPS) is 21.5. The van der Waals surface area contributed by atoms with Gasteiger partial charge in [-0.05, 0) is 13.8 Å². The minimum Gasteiger partial charge on any atom is -0.379 e. The topological polar surface area (TPSA) is 82.2 Å². The molecule has 1 fully saturated rings. The number of imidazole rings is 2. The van der Waals surface area contributed by atoms with Gasteiger partial charge in [0.2, 0.25) is 10.0 Å². The Labute approximate surface area is 148 Å². The molecule has 8 nitrogen and oxygen atoms in total. The summed E-state index contributed by atoms with van der Waals surface area (Å²) in [6.45, 7) is 5.08. The molecule has 0 unspecified atom stereocenters. The van der Waals surface area contributed by atoms with Gasteiger partial charge in [0, 0.05) is 38.4 Å². The van der Waals surface area contributed by atoms with Gasteiger partial charge in [-0.2, -0.15) is 0 Å². The van der Waals surface area contributed by atoms with Crippen LogP contribution in [0.5, 0.6) is 0 Å². The van der Waals surface area contributed by atoms with Crippen LogP contribution in [-0.2, 0) is 14.8 Å². The smallest absolute Gasteiger partial charge is 0.214 e. The number of hydrogen-bond donors (Lipinski definition) is 0. The van der Waals surface area contributed by atoms with Crippen LogP contribution in [0.25, 0.3) is 11.5 Å². The molecule has 1 saturated heterocycles. The molecule has 1 aliphatic rings. The molecule has 2 aromatic heterocycles. The van der Waals surface area contributed by atoms with Crippen LogP contribution in [0.4, 0.5) is 0 Å². The van der Waals surface area contributed by atoms with Gasteiger partial charge in [-0.3, -0.25) is 0 Å². The molecule has 0 saturated carbocycles. The molecule has 2 aromatic rings. The molecule has 0 spiro atoms. The average Bonchev–Trinajstić information content (AvgIpc) is 3.25. The summed E-state index contributed by atoms with van der Waals surface area (Å²) >= 11 is 0. The maximum absolute atomic E-state index is 12.3. The maximum Gasteiger partial charge on any atom is 0.214 e. The van der Waals surface area contributed by atoms with E-state index in [4.69, 9.17) is 4.74 Å². The molecule has 3 rings (SSSR count). The first-order chi connectivity index (χ1) is 11.8. The second kappa shape index (κ2) is 6.89. The van der Waals surface area contributed by atoms with Crippen LogP contribution in [0.15, 0.2) is 24.9 Å². The van der Waals surface area contributed by atoms with Crippen LogP contribution in [-0.4, -0.2) is 64.9 Å². The van der Waals surface area contributed by atoms with E-state index in [-0.39, 0.29) is 23.8 Å². The number of rotatable bonds is 6. The summed E-state index contributed by atoms with van der Waals surface area (Å²) in [6, 6.07) is 0.190. The lowest BCUT2D eigenvalue weighted by Gasteiger charge is -2.23. The van der Waals surface area contributed by atoms with Gasteiger partial charge in [0.1, 0.15) is 5.69 Å². The van der Waals surface area contributed by atoms with Crippen LogP contribution >= 0.6 is 0 Å².